The Morgan fingerprint density at radius 2 is 1.84 bits per heavy atom. The number of methoxy groups -OCH3 is 2. The Labute approximate surface area is 143 Å². The molecule has 0 aromatic heterocycles. The number of aryl methyl sites for hydroxylation is 1. The number of nitro benzene ring substituents is 1. The number of non-ortho nitro benzene ring substituents is 1. The maximum Gasteiger partial charge on any atom is 0.337 e. The summed E-state index contributed by atoms with van der Waals surface area (Å²) in [5, 5.41) is 13.6. The van der Waals surface area contributed by atoms with Gasteiger partial charge in [0, 0.05) is 17.8 Å². The summed E-state index contributed by atoms with van der Waals surface area (Å²) in [5.74, 6) is -0.932. The van der Waals surface area contributed by atoms with Crippen LogP contribution in [-0.4, -0.2) is 31.0 Å². The number of nitrogens with one attached hydrogen (secondary N) is 1. The number of ether oxygens (including phenoxy) is 2. The summed E-state index contributed by atoms with van der Waals surface area (Å²) in [6, 6.07) is 8.44. The monoisotopic (exact) mass is 344 g/mol. The predicted octanol–water partition coefficient (Wildman–Crippen LogP) is 2.95. The average Bonchev–Trinajstić information content (AvgIpc) is 2.62. The van der Waals surface area contributed by atoms with Gasteiger partial charge >= 0.3 is 5.97 Å². The van der Waals surface area contributed by atoms with E-state index in [9.17, 15) is 19.7 Å². The fourth-order valence-corrected chi connectivity index (χ4v) is 2.18. The number of anilines is 1. The molecule has 0 aliphatic carbocycles. The van der Waals surface area contributed by atoms with Gasteiger partial charge in [0.25, 0.3) is 11.6 Å². The minimum absolute atomic E-state index is 0.0135. The van der Waals surface area contributed by atoms with Crippen molar-refractivity contribution < 1.29 is 24.0 Å². The molecule has 0 aliphatic rings. The smallest absolute Gasteiger partial charge is 0.337 e. The molecule has 0 bridgehead atoms. The van der Waals surface area contributed by atoms with Gasteiger partial charge in [-0.2, -0.15) is 0 Å². The molecule has 1 amide bonds. The van der Waals surface area contributed by atoms with Crippen LogP contribution in [0.5, 0.6) is 5.75 Å². The van der Waals surface area contributed by atoms with Gasteiger partial charge in [-0.3, -0.25) is 14.9 Å². The van der Waals surface area contributed by atoms with E-state index in [1.165, 1.54) is 32.4 Å². The third-order valence-electron chi connectivity index (χ3n) is 3.55. The Kier molecular flexibility index (Phi) is 5.33. The van der Waals surface area contributed by atoms with E-state index in [4.69, 9.17) is 4.74 Å². The van der Waals surface area contributed by atoms with Crippen molar-refractivity contribution >= 4 is 23.3 Å². The van der Waals surface area contributed by atoms with Gasteiger partial charge in [0.1, 0.15) is 5.75 Å². The van der Waals surface area contributed by atoms with E-state index in [-0.39, 0.29) is 22.6 Å². The Balaban J connectivity index is 2.38. The van der Waals surface area contributed by atoms with Gasteiger partial charge in [-0.1, -0.05) is 6.07 Å². The summed E-state index contributed by atoms with van der Waals surface area (Å²) in [7, 11) is 2.62. The lowest BCUT2D eigenvalue weighted by Crippen LogP contribution is -2.15. The van der Waals surface area contributed by atoms with Crippen molar-refractivity contribution in [3.05, 3.63) is 63.2 Å². The molecule has 130 valence electrons. The summed E-state index contributed by atoms with van der Waals surface area (Å²) < 4.78 is 9.74. The first kappa shape index (κ1) is 17.9. The van der Waals surface area contributed by atoms with E-state index in [0.717, 1.165) is 6.07 Å². The highest BCUT2D eigenvalue weighted by atomic mass is 16.6. The molecule has 0 aliphatic heterocycles. The number of rotatable bonds is 5. The number of nitrogens with zero attached hydrogens (tertiary/aromatic N) is 1. The number of carbonyl (C=O) groups excluding carboxylic acids is 2. The van der Waals surface area contributed by atoms with Gasteiger partial charge in [0.15, 0.2) is 0 Å². The molecule has 0 atom stereocenters. The molecule has 0 fully saturated rings. The summed E-state index contributed by atoms with van der Waals surface area (Å²) in [6.07, 6.45) is 0. The van der Waals surface area contributed by atoms with Crippen LogP contribution in [0.15, 0.2) is 36.4 Å². The van der Waals surface area contributed by atoms with Crippen LogP contribution >= 0.6 is 0 Å². The molecular formula is C17H16N2O6. The summed E-state index contributed by atoms with van der Waals surface area (Å²) >= 11 is 0. The van der Waals surface area contributed by atoms with Gasteiger partial charge in [0.2, 0.25) is 0 Å². The molecule has 0 unspecified atom stereocenters. The van der Waals surface area contributed by atoms with E-state index in [1.54, 1.807) is 19.1 Å². The number of hydrogen-bond acceptors (Lipinski definition) is 6. The van der Waals surface area contributed by atoms with Crippen LogP contribution in [0.25, 0.3) is 0 Å². The number of amides is 1. The van der Waals surface area contributed by atoms with Crippen LogP contribution in [0.1, 0.15) is 26.3 Å². The zero-order valence-corrected chi connectivity index (χ0v) is 13.9. The van der Waals surface area contributed by atoms with Gasteiger partial charge < -0.3 is 14.8 Å². The van der Waals surface area contributed by atoms with Crippen LogP contribution in [0, 0.1) is 17.0 Å². The second kappa shape index (κ2) is 7.43. The van der Waals surface area contributed by atoms with Crippen molar-refractivity contribution in [3.63, 3.8) is 0 Å². The van der Waals surface area contributed by atoms with Crippen LogP contribution in [0.2, 0.25) is 0 Å². The molecule has 0 saturated heterocycles. The number of hydrogen-bond donors (Lipinski definition) is 1. The molecule has 2 aromatic carbocycles. The largest absolute Gasteiger partial charge is 0.496 e. The lowest BCUT2D eigenvalue weighted by atomic mass is 10.1. The summed E-state index contributed by atoms with van der Waals surface area (Å²) in [5.41, 5.74) is 1.16. The molecule has 25 heavy (non-hydrogen) atoms. The van der Waals surface area contributed by atoms with Crippen molar-refractivity contribution in [1.29, 1.82) is 0 Å². The molecule has 0 spiro atoms. The van der Waals surface area contributed by atoms with Gasteiger partial charge in [-0.05, 0) is 30.7 Å². The fourth-order valence-electron chi connectivity index (χ4n) is 2.18. The Bertz CT molecular complexity index is 847. The lowest BCUT2D eigenvalue weighted by molar-refractivity contribution is -0.384. The first-order valence-corrected chi connectivity index (χ1v) is 7.20. The van der Waals surface area contributed by atoms with Gasteiger partial charge in [-0.15, -0.1) is 0 Å². The Morgan fingerprint density at radius 1 is 1.12 bits per heavy atom. The highest BCUT2D eigenvalue weighted by Crippen LogP contribution is 2.26. The van der Waals surface area contributed by atoms with Crippen molar-refractivity contribution in [2.24, 2.45) is 0 Å². The van der Waals surface area contributed by atoms with E-state index >= 15 is 0 Å². The topological polar surface area (TPSA) is 108 Å². The quantitative estimate of drug-likeness (QED) is 0.507. The molecule has 0 radical (unpaired) electrons. The van der Waals surface area contributed by atoms with Gasteiger partial charge in [0.05, 0.1) is 30.3 Å². The number of esters is 1. The lowest BCUT2D eigenvalue weighted by Gasteiger charge is -2.12. The zero-order valence-electron chi connectivity index (χ0n) is 13.9. The number of carbonyl (C=O) groups is 2. The minimum atomic E-state index is -0.598. The maximum atomic E-state index is 12.5. The van der Waals surface area contributed by atoms with Crippen molar-refractivity contribution in [2.45, 2.75) is 6.92 Å². The first-order valence-electron chi connectivity index (χ1n) is 7.20. The second-order valence-corrected chi connectivity index (χ2v) is 5.12. The van der Waals surface area contributed by atoms with Crippen LogP contribution < -0.4 is 10.1 Å². The number of nitro groups is 1. The summed E-state index contributed by atoms with van der Waals surface area (Å²) in [6.45, 7) is 1.75. The van der Waals surface area contributed by atoms with E-state index in [1.807, 2.05) is 0 Å². The van der Waals surface area contributed by atoms with Crippen molar-refractivity contribution in [3.8, 4) is 5.75 Å². The maximum absolute atomic E-state index is 12.5. The minimum Gasteiger partial charge on any atom is -0.496 e. The normalized spacial score (nSPS) is 10.0. The Morgan fingerprint density at radius 3 is 2.44 bits per heavy atom. The SMILES string of the molecule is COC(=O)c1ccc(C)c(NC(=O)c2cc([N+](=O)[O-])ccc2OC)c1. The third kappa shape index (κ3) is 3.92. The molecule has 8 nitrogen and oxygen atoms in total. The molecule has 1 N–H and O–H groups in total. The molecule has 0 heterocycles. The second-order valence-electron chi connectivity index (χ2n) is 5.12. The highest BCUT2D eigenvalue weighted by Gasteiger charge is 2.19. The van der Waals surface area contributed by atoms with Gasteiger partial charge in [-0.25, -0.2) is 4.79 Å². The fraction of sp³-hybridized carbons (Fsp3) is 0.176. The zero-order chi connectivity index (χ0) is 18.6. The van der Waals surface area contributed by atoms with E-state index in [0.29, 0.717) is 11.3 Å². The molecule has 2 aromatic rings. The highest BCUT2D eigenvalue weighted by molar-refractivity contribution is 6.07. The first-order chi connectivity index (χ1) is 11.9. The average molecular weight is 344 g/mol. The third-order valence-corrected chi connectivity index (χ3v) is 3.55. The molecule has 2 rings (SSSR count). The van der Waals surface area contributed by atoms with Crippen molar-refractivity contribution in [2.75, 3.05) is 19.5 Å². The standard InChI is InChI=1S/C17H16N2O6/c1-10-4-5-11(17(21)25-3)8-14(10)18-16(20)13-9-12(19(22)23)6-7-15(13)24-2/h4-9H,1-3H3,(H,18,20). The Hall–Kier alpha value is -3.42. The van der Waals surface area contributed by atoms with Crippen LogP contribution in [0.3, 0.4) is 0 Å². The summed E-state index contributed by atoms with van der Waals surface area (Å²) in [4.78, 5) is 34.5. The van der Waals surface area contributed by atoms with E-state index in [2.05, 4.69) is 10.1 Å². The van der Waals surface area contributed by atoms with Crippen LogP contribution in [-0.2, 0) is 4.74 Å². The predicted molar refractivity (Wildman–Crippen MR) is 90.1 cm³/mol. The van der Waals surface area contributed by atoms with E-state index < -0.39 is 16.8 Å². The number of benzene rings is 2. The molecular weight excluding hydrogens is 328 g/mol. The van der Waals surface area contributed by atoms with Crippen molar-refractivity contribution in [1.82, 2.24) is 0 Å². The molecule has 0 saturated carbocycles. The molecule has 8 heteroatoms. The van der Waals surface area contributed by atoms with Crippen LogP contribution in [0.4, 0.5) is 11.4 Å².